The lowest BCUT2D eigenvalue weighted by atomic mass is 9.85. The van der Waals surface area contributed by atoms with Crippen LogP contribution in [0.25, 0.3) is 0 Å². The van der Waals surface area contributed by atoms with Gasteiger partial charge in [-0.2, -0.15) is 9.76 Å². The molecule has 2 atom stereocenters. The van der Waals surface area contributed by atoms with E-state index in [9.17, 15) is 23.4 Å². The second-order valence-electron chi connectivity index (χ2n) is 8.85. The lowest BCUT2D eigenvalue weighted by molar-refractivity contribution is -0.144. The van der Waals surface area contributed by atoms with Crippen LogP contribution in [0.2, 0.25) is 0 Å². The van der Waals surface area contributed by atoms with Crippen LogP contribution in [0.5, 0.6) is 5.75 Å². The lowest BCUT2D eigenvalue weighted by Crippen LogP contribution is -2.55. The smallest absolute Gasteiger partial charge is 0.326 e. The van der Waals surface area contributed by atoms with Gasteiger partial charge in [-0.15, -0.1) is 0 Å². The molecule has 1 aromatic carbocycles. The van der Waals surface area contributed by atoms with Crippen molar-refractivity contribution in [2.75, 3.05) is 19.0 Å². The van der Waals surface area contributed by atoms with Crippen molar-refractivity contribution < 1.29 is 32.4 Å². The molecule has 0 aliphatic carbocycles. The zero-order valence-corrected chi connectivity index (χ0v) is 20.5. The van der Waals surface area contributed by atoms with Gasteiger partial charge < -0.3 is 15.4 Å². The number of hydrogen-bond acceptors (Lipinski definition) is 8. The number of urea groups is 1. The monoisotopic (exact) mass is 482 g/mol. The molecule has 1 aromatic rings. The fourth-order valence-electron chi connectivity index (χ4n) is 3.09. The molecule has 0 bridgehead atoms. The van der Waals surface area contributed by atoms with Gasteiger partial charge in [-0.05, 0) is 39.0 Å². The van der Waals surface area contributed by atoms with Crippen LogP contribution in [0.15, 0.2) is 23.1 Å². The number of rotatable bonds is 9. The number of hydroxylamine groups is 1. The Morgan fingerprint density at radius 1 is 1.24 bits per heavy atom. The van der Waals surface area contributed by atoms with Gasteiger partial charge in [-0.25, -0.2) is 13.9 Å². The van der Waals surface area contributed by atoms with E-state index in [2.05, 4.69) is 16.1 Å². The number of ether oxygens (including phenoxy) is 1. The van der Waals surface area contributed by atoms with E-state index in [4.69, 9.17) is 9.02 Å². The van der Waals surface area contributed by atoms with Crippen molar-refractivity contribution in [1.82, 2.24) is 15.7 Å². The first-order valence-corrected chi connectivity index (χ1v) is 11.4. The first-order valence-electron chi connectivity index (χ1n) is 10.3. The Kier molecular flexibility index (Phi) is 7.99. The van der Waals surface area contributed by atoms with E-state index >= 15 is 0 Å². The van der Waals surface area contributed by atoms with E-state index in [1.54, 1.807) is 27.7 Å². The van der Waals surface area contributed by atoms with Crippen molar-refractivity contribution in [2.24, 2.45) is 5.41 Å². The number of benzene rings is 1. The molecule has 11 nitrogen and oxygen atoms in total. The molecule has 2 rings (SSSR count). The Bertz CT molecular complexity index is 987. The summed E-state index contributed by atoms with van der Waals surface area (Å²) in [5, 5.41) is 5.05. The molecule has 1 aliphatic rings. The lowest BCUT2D eigenvalue weighted by Gasteiger charge is -2.29. The number of carbonyl (C=O) groups is 4. The summed E-state index contributed by atoms with van der Waals surface area (Å²) >= 11 is -1.89. The third kappa shape index (κ3) is 5.75. The number of Topliss-reactive ketones (excluding diaryl/α,β-unsaturated/α-hetero) is 1. The third-order valence-corrected chi connectivity index (χ3v) is 5.70. The molecule has 33 heavy (non-hydrogen) atoms. The largest absolute Gasteiger partial charge is 0.492 e. The van der Waals surface area contributed by atoms with Crippen LogP contribution in [0.1, 0.15) is 41.5 Å². The molecule has 0 aromatic heterocycles. The summed E-state index contributed by atoms with van der Waals surface area (Å²) in [5.41, 5.74) is 0.109. The third-order valence-electron chi connectivity index (χ3n) is 4.75. The predicted molar refractivity (Wildman–Crippen MR) is 121 cm³/mol. The zero-order chi connectivity index (χ0) is 25.1. The van der Waals surface area contributed by atoms with Crippen LogP contribution >= 0.6 is 0 Å². The molecule has 1 heterocycles. The Labute approximate surface area is 195 Å². The topological polar surface area (TPSA) is 143 Å². The van der Waals surface area contributed by atoms with E-state index in [1.165, 1.54) is 39.1 Å². The summed E-state index contributed by atoms with van der Waals surface area (Å²) in [6, 6.07) is 1.78. The van der Waals surface area contributed by atoms with Gasteiger partial charge in [-0.1, -0.05) is 20.8 Å². The number of nitrogens with zero attached hydrogens (tertiary/aromatic N) is 1. The van der Waals surface area contributed by atoms with E-state index in [-0.39, 0.29) is 22.9 Å². The van der Waals surface area contributed by atoms with Gasteiger partial charge in [0, 0.05) is 12.5 Å². The summed E-state index contributed by atoms with van der Waals surface area (Å²) in [6.07, 6.45) is 0. The number of hydrogen-bond donors (Lipinski definition) is 3. The highest BCUT2D eigenvalue weighted by atomic mass is 32.2. The maximum Gasteiger partial charge on any atom is 0.326 e. The summed E-state index contributed by atoms with van der Waals surface area (Å²) in [7, 11) is 1.44. The number of nitrogens with one attached hydrogen (secondary N) is 3. The summed E-state index contributed by atoms with van der Waals surface area (Å²) < 4.78 is 22.6. The minimum atomic E-state index is -1.89. The van der Waals surface area contributed by atoms with Crippen LogP contribution in [-0.2, 0) is 29.7 Å². The zero-order valence-electron chi connectivity index (χ0n) is 19.7. The first-order chi connectivity index (χ1) is 15.2. The average molecular weight is 483 g/mol. The predicted octanol–water partition coefficient (Wildman–Crippen LogP) is 1.51. The van der Waals surface area contributed by atoms with Gasteiger partial charge in [0.1, 0.15) is 11.3 Å². The minimum Gasteiger partial charge on any atom is -0.492 e. The minimum absolute atomic E-state index is 0.102. The SMILES string of the molecule is CCOc1ccc(S(=O)ONC)cc1NC(=O)C(C(=O)C(C)(C)C)N1C(=O)NC(C)(C)C1=O. The molecule has 3 N–H and O–H groups in total. The summed E-state index contributed by atoms with van der Waals surface area (Å²) in [5.74, 6) is -1.99. The molecule has 182 valence electrons. The number of imide groups is 1. The maximum absolute atomic E-state index is 13.4. The van der Waals surface area contributed by atoms with Gasteiger partial charge in [0.2, 0.25) is 11.1 Å². The Balaban J connectivity index is 2.51. The molecule has 0 radical (unpaired) electrons. The Morgan fingerprint density at radius 3 is 2.36 bits per heavy atom. The average Bonchev–Trinajstić information content (AvgIpc) is 2.90. The molecule has 4 amide bonds. The normalized spacial score (nSPS) is 17.4. The highest BCUT2D eigenvalue weighted by molar-refractivity contribution is 7.80. The first kappa shape index (κ1) is 26.4. The number of carbonyl (C=O) groups excluding carboxylic acids is 4. The van der Waals surface area contributed by atoms with Gasteiger partial charge in [0.15, 0.2) is 11.8 Å². The van der Waals surface area contributed by atoms with Crippen molar-refractivity contribution >= 4 is 40.4 Å². The second kappa shape index (κ2) is 9.98. The van der Waals surface area contributed by atoms with E-state index in [1.807, 2.05) is 0 Å². The van der Waals surface area contributed by atoms with E-state index in [0.717, 1.165) is 0 Å². The second-order valence-corrected chi connectivity index (χ2v) is 9.96. The van der Waals surface area contributed by atoms with Crippen LogP contribution in [0, 0.1) is 5.41 Å². The molecule has 12 heteroatoms. The van der Waals surface area contributed by atoms with Crippen molar-refractivity contribution in [3.05, 3.63) is 18.2 Å². The van der Waals surface area contributed by atoms with Crippen molar-refractivity contribution in [3.8, 4) is 5.75 Å². The highest BCUT2D eigenvalue weighted by Crippen LogP contribution is 2.30. The fourth-order valence-corrected chi connectivity index (χ4v) is 3.73. The van der Waals surface area contributed by atoms with Crippen molar-refractivity contribution in [3.63, 3.8) is 0 Å². The maximum atomic E-state index is 13.4. The van der Waals surface area contributed by atoms with E-state index < -0.39 is 51.7 Å². The van der Waals surface area contributed by atoms with Crippen LogP contribution < -0.4 is 20.9 Å². The quantitative estimate of drug-likeness (QED) is 0.273. The van der Waals surface area contributed by atoms with E-state index in [0.29, 0.717) is 4.90 Å². The molecule has 1 aliphatic heterocycles. The number of amides is 4. The highest BCUT2D eigenvalue weighted by Gasteiger charge is 2.53. The van der Waals surface area contributed by atoms with Crippen LogP contribution in [0.3, 0.4) is 0 Å². The van der Waals surface area contributed by atoms with Crippen LogP contribution in [-0.4, -0.2) is 58.0 Å². The van der Waals surface area contributed by atoms with Gasteiger partial charge >= 0.3 is 6.03 Å². The standard InChI is InChI=1S/C21H30N4O7S/c1-8-31-14-10-9-12(33(30)32-22-7)11-13(14)23-17(27)15(16(26)20(2,3)4)25-18(28)21(5,6)24-19(25)29/h9-11,15,22H,8H2,1-7H3,(H,23,27)(H,24,29). The molecule has 2 unspecified atom stereocenters. The summed E-state index contributed by atoms with van der Waals surface area (Å²) in [4.78, 5) is 52.9. The molecular weight excluding hydrogens is 452 g/mol. The molecule has 1 saturated heterocycles. The summed E-state index contributed by atoms with van der Waals surface area (Å²) in [6.45, 7) is 9.74. The number of anilines is 1. The van der Waals surface area contributed by atoms with Crippen LogP contribution in [0.4, 0.5) is 10.5 Å². The molecule has 0 saturated carbocycles. The molecule has 1 fully saturated rings. The van der Waals surface area contributed by atoms with Gasteiger partial charge in [0.05, 0.1) is 17.2 Å². The Hall–Kier alpha value is -2.83. The number of ketones is 1. The Morgan fingerprint density at radius 2 is 1.88 bits per heavy atom. The van der Waals surface area contributed by atoms with Gasteiger partial charge in [0.25, 0.3) is 11.8 Å². The fraction of sp³-hybridized carbons (Fsp3) is 0.524. The van der Waals surface area contributed by atoms with Crippen molar-refractivity contribution in [1.29, 1.82) is 0 Å². The van der Waals surface area contributed by atoms with Crippen molar-refractivity contribution in [2.45, 2.75) is 58.0 Å². The van der Waals surface area contributed by atoms with Gasteiger partial charge in [-0.3, -0.25) is 14.4 Å². The molecule has 0 spiro atoms. The molecular formula is C21H30N4O7S.